The second-order valence-corrected chi connectivity index (χ2v) is 10.9. The van der Waals surface area contributed by atoms with Gasteiger partial charge in [0.05, 0.1) is 31.0 Å². The molecule has 4 aromatic rings. The minimum Gasteiger partial charge on any atom is -0.378 e. The molecular weight excluding hydrogens is 502 g/mol. The Bertz CT molecular complexity index is 1490. The second-order valence-electron chi connectivity index (χ2n) is 10.5. The lowest BCUT2D eigenvalue weighted by Gasteiger charge is -2.31. The maximum atomic E-state index is 6.00. The van der Waals surface area contributed by atoms with E-state index in [1.165, 1.54) is 39.5 Å². The first kappa shape index (κ1) is 25.6. The Labute approximate surface area is 236 Å². The molecule has 1 N–H and O–H groups in total. The lowest BCUT2D eigenvalue weighted by molar-refractivity contribution is 0.122. The zero-order valence-corrected chi connectivity index (χ0v) is 23.8. The van der Waals surface area contributed by atoms with Crippen molar-refractivity contribution >= 4 is 28.7 Å². The minimum atomic E-state index is -0.0785. The molecule has 2 aromatic carbocycles. The molecule has 2 fully saturated rings. The normalized spacial score (nSPS) is 19.4. The number of ether oxygens (including phenoxy) is 1. The van der Waals surface area contributed by atoms with Gasteiger partial charge in [0.25, 0.3) is 0 Å². The van der Waals surface area contributed by atoms with Crippen LogP contribution in [0.5, 0.6) is 0 Å². The lowest BCUT2D eigenvalue weighted by atomic mass is 9.96. The van der Waals surface area contributed by atoms with Gasteiger partial charge in [0.1, 0.15) is 0 Å². The Hall–Kier alpha value is -3.68. The Morgan fingerprint density at radius 3 is 2.36 bits per heavy atom. The van der Waals surface area contributed by atoms with Crippen LogP contribution in [0.1, 0.15) is 45.9 Å². The maximum absolute atomic E-state index is 6.00. The van der Waals surface area contributed by atoms with Gasteiger partial charge in [-0.2, -0.15) is 0 Å². The maximum Gasteiger partial charge on any atom is 0.174 e. The number of nitrogens with zero attached hydrogens (tertiary/aromatic N) is 4. The highest BCUT2D eigenvalue weighted by molar-refractivity contribution is 7.80. The molecule has 2 aliphatic heterocycles. The van der Waals surface area contributed by atoms with Crippen LogP contribution in [-0.2, 0) is 4.74 Å². The second kappa shape index (κ2) is 10.5. The van der Waals surface area contributed by atoms with E-state index >= 15 is 0 Å². The van der Waals surface area contributed by atoms with E-state index in [4.69, 9.17) is 21.9 Å². The average Bonchev–Trinajstić information content (AvgIpc) is 3.46. The van der Waals surface area contributed by atoms with E-state index in [-0.39, 0.29) is 12.1 Å². The topological polar surface area (TPSA) is 45.6 Å². The molecular formula is C32H35N5OS. The van der Waals surface area contributed by atoms with Crippen molar-refractivity contribution in [2.75, 3.05) is 36.1 Å². The molecule has 4 heterocycles. The third-order valence-corrected chi connectivity index (χ3v) is 8.52. The predicted molar refractivity (Wildman–Crippen MR) is 162 cm³/mol. The van der Waals surface area contributed by atoms with Crippen molar-refractivity contribution in [1.82, 2.24) is 14.9 Å². The lowest BCUT2D eigenvalue weighted by Crippen LogP contribution is -2.36. The number of hydrogen-bond donors (Lipinski definition) is 1. The summed E-state index contributed by atoms with van der Waals surface area (Å²) in [7, 11) is 0. The fourth-order valence-corrected chi connectivity index (χ4v) is 6.38. The van der Waals surface area contributed by atoms with E-state index in [2.05, 4.69) is 102 Å². The molecule has 2 aromatic heterocycles. The highest BCUT2D eigenvalue weighted by atomic mass is 32.1. The van der Waals surface area contributed by atoms with Crippen LogP contribution in [0.4, 0.5) is 11.4 Å². The molecule has 6 nitrogen and oxygen atoms in total. The van der Waals surface area contributed by atoms with Gasteiger partial charge in [0.15, 0.2) is 5.11 Å². The largest absolute Gasteiger partial charge is 0.378 e. The number of rotatable bonds is 5. The molecule has 200 valence electrons. The molecule has 0 aliphatic carbocycles. The monoisotopic (exact) mass is 537 g/mol. The first-order chi connectivity index (χ1) is 18.9. The number of hydrogen-bond acceptors (Lipinski definition) is 4. The van der Waals surface area contributed by atoms with E-state index < -0.39 is 0 Å². The van der Waals surface area contributed by atoms with Crippen molar-refractivity contribution in [2.24, 2.45) is 0 Å². The van der Waals surface area contributed by atoms with Gasteiger partial charge in [0, 0.05) is 47.7 Å². The van der Waals surface area contributed by atoms with Crippen molar-refractivity contribution in [3.8, 4) is 5.69 Å². The summed E-state index contributed by atoms with van der Waals surface area (Å²) in [4.78, 5) is 9.39. The minimum absolute atomic E-state index is 0.0494. The Morgan fingerprint density at radius 1 is 0.897 bits per heavy atom. The summed E-state index contributed by atoms with van der Waals surface area (Å²) >= 11 is 6.00. The molecule has 0 bridgehead atoms. The Balaban J connectivity index is 1.45. The van der Waals surface area contributed by atoms with Gasteiger partial charge in [-0.3, -0.25) is 4.98 Å². The first-order valence-electron chi connectivity index (χ1n) is 13.6. The fraction of sp³-hybridized carbons (Fsp3) is 0.312. The SMILES string of the molecule is Cc1cccc(-n2c(C)cc([C@@H]3[C@H](c4ccccn4)NC(=S)N3c3ccc(N4CCOCC4)cc3)c2C)c1C. The number of anilines is 2. The van der Waals surface area contributed by atoms with Gasteiger partial charge in [-0.25, -0.2) is 0 Å². The summed E-state index contributed by atoms with van der Waals surface area (Å²) in [5.74, 6) is 0. The molecule has 2 aliphatic rings. The van der Waals surface area contributed by atoms with Crippen LogP contribution in [0.25, 0.3) is 5.69 Å². The van der Waals surface area contributed by atoms with Gasteiger partial charge < -0.3 is 24.4 Å². The van der Waals surface area contributed by atoms with Crippen LogP contribution in [0, 0.1) is 27.7 Å². The average molecular weight is 538 g/mol. The number of aryl methyl sites for hydroxylation is 2. The fourth-order valence-electron chi connectivity index (χ4n) is 6.03. The van der Waals surface area contributed by atoms with E-state index in [1.807, 2.05) is 18.3 Å². The molecule has 0 saturated carbocycles. The van der Waals surface area contributed by atoms with E-state index in [1.54, 1.807) is 0 Å². The summed E-state index contributed by atoms with van der Waals surface area (Å²) < 4.78 is 7.93. The molecule has 6 rings (SSSR count). The number of nitrogens with one attached hydrogen (secondary N) is 1. The molecule has 0 radical (unpaired) electrons. The third kappa shape index (κ3) is 4.60. The van der Waals surface area contributed by atoms with Gasteiger partial charge in [-0.1, -0.05) is 18.2 Å². The highest BCUT2D eigenvalue weighted by Gasteiger charge is 2.42. The van der Waals surface area contributed by atoms with E-state index in [9.17, 15) is 0 Å². The summed E-state index contributed by atoms with van der Waals surface area (Å²) in [6.45, 7) is 12.2. The van der Waals surface area contributed by atoms with Crippen LogP contribution in [0.3, 0.4) is 0 Å². The summed E-state index contributed by atoms with van der Waals surface area (Å²) in [5.41, 5.74) is 10.7. The van der Waals surface area contributed by atoms with Crippen LogP contribution < -0.4 is 15.1 Å². The number of benzene rings is 2. The standard InChI is InChI=1S/C32H35N5OS/c1-21-8-7-10-29(23(21)3)36-22(2)20-27(24(36)4)31-30(28-9-5-6-15-33-28)34-32(39)37(31)26-13-11-25(12-14-26)35-16-18-38-19-17-35/h5-15,20,30-31H,16-19H2,1-4H3,(H,34,39)/t30-,31+/m0/s1. The van der Waals surface area contributed by atoms with Crippen LogP contribution in [0.15, 0.2) is 72.9 Å². The van der Waals surface area contributed by atoms with Gasteiger partial charge in [0.2, 0.25) is 0 Å². The first-order valence-corrected chi connectivity index (χ1v) is 14.0. The molecule has 7 heteroatoms. The third-order valence-electron chi connectivity index (χ3n) is 8.21. The van der Waals surface area contributed by atoms with Crippen molar-refractivity contribution in [3.05, 3.63) is 107 Å². The van der Waals surface area contributed by atoms with Crippen LogP contribution >= 0.6 is 12.2 Å². The van der Waals surface area contributed by atoms with Crippen molar-refractivity contribution in [2.45, 2.75) is 39.8 Å². The van der Waals surface area contributed by atoms with E-state index in [0.29, 0.717) is 5.11 Å². The number of aromatic nitrogens is 2. The van der Waals surface area contributed by atoms with Gasteiger partial charge in [-0.05, 0) is 105 Å². The zero-order chi connectivity index (χ0) is 27.1. The predicted octanol–water partition coefficient (Wildman–Crippen LogP) is 6.12. The van der Waals surface area contributed by atoms with Crippen LogP contribution in [0.2, 0.25) is 0 Å². The van der Waals surface area contributed by atoms with Crippen molar-refractivity contribution in [1.29, 1.82) is 0 Å². The smallest absolute Gasteiger partial charge is 0.174 e. The molecule has 39 heavy (non-hydrogen) atoms. The molecule has 2 atom stereocenters. The summed E-state index contributed by atoms with van der Waals surface area (Å²) in [5, 5.41) is 4.33. The molecule has 0 spiro atoms. The molecule has 0 amide bonds. The van der Waals surface area contributed by atoms with Gasteiger partial charge >= 0.3 is 0 Å². The Kier molecular flexibility index (Phi) is 6.87. The van der Waals surface area contributed by atoms with Crippen LogP contribution in [-0.4, -0.2) is 41.0 Å². The Morgan fingerprint density at radius 2 is 1.64 bits per heavy atom. The van der Waals surface area contributed by atoms with Gasteiger partial charge in [-0.15, -0.1) is 0 Å². The zero-order valence-electron chi connectivity index (χ0n) is 23.0. The summed E-state index contributed by atoms with van der Waals surface area (Å²) in [6, 6.07) is 23.6. The highest BCUT2D eigenvalue weighted by Crippen LogP contribution is 2.44. The molecule has 0 unspecified atom stereocenters. The number of pyridine rings is 1. The van der Waals surface area contributed by atoms with Crippen molar-refractivity contribution in [3.63, 3.8) is 0 Å². The van der Waals surface area contributed by atoms with Crippen molar-refractivity contribution < 1.29 is 4.74 Å². The number of morpholine rings is 1. The molecule has 2 saturated heterocycles. The quantitative estimate of drug-likeness (QED) is 0.310. The number of thiocarbonyl (C=S) groups is 1. The summed E-state index contributed by atoms with van der Waals surface area (Å²) in [6.07, 6.45) is 1.86. The van der Waals surface area contributed by atoms with E-state index in [0.717, 1.165) is 37.7 Å².